The normalized spacial score (nSPS) is 11.6. The van der Waals surface area contributed by atoms with Gasteiger partial charge in [-0.25, -0.2) is 4.98 Å². The van der Waals surface area contributed by atoms with Gasteiger partial charge in [0.2, 0.25) is 0 Å². The lowest BCUT2D eigenvalue weighted by Crippen LogP contribution is -2.04. The minimum absolute atomic E-state index is 0.470. The Kier molecular flexibility index (Phi) is 8.59. The zero-order chi connectivity index (χ0) is 24.6. The van der Waals surface area contributed by atoms with Gasteiger partial charge in [-0.3, -0.25) is 4.21 Å². The van der Waals surface area contributed by atoms with Crippen molar-refractivity contribution in [1.82, 2.24) is 4.98 Å². The molecule has 35 heavy (non-hydrogen) atoms. The molecule has 1 heterocycles. The van der Waals surface area contributed by atoms with Crippen LogP contribution in [0.25, 0.3) is 22.4 Å². The highest BCUT2D eigenvalue weighted by atomic mass is 35.5. The van der Waals surface area contributed by atoms with E-state index in [1.807, 2.05) is 84.9 Å². The number of ether oxygens (including phenoxy) is 1. The molecule has 0 aliphatic heterocycles. The Labute approximate surface area is 217 Å². The topological polar surface area (TPSA) is 63.0 Å². The van der Waals surface area contributed by atoms with Gasteiger partial charge in [0.1, 0.15) is 16.8 Å². The number of pyridine rings is 1. The first-order valence-electron chi connectivity index (χ1n) is 10.9. The highest BCUT2D eigenvalue weighted by Crippen LogP contribution is 2.34. The Balaban J connectivity index is 1.59. The number of benzene rings is 3. The van der Waals surface area contributed by atoms with E-state index >= 15 is 0 Å². The number of hydrogen-bond donors (Lipinski definition) is 0. The van der Waals surface area contributed by atoms with E-state index in [4.69, 9.17) is 21.3 Å². The fourth-order valence-electron chi connectivity index (χ4n) is 3.56. The van der Waals surface area contributed by atoms with Gasteiger partial charge in [0.15, 0.2) is 0 Å². The number of aromatic nitrogens is 1. The zero-order valence-corrected chi connectivity index (χ0v) is 21.5. The third-order valence-corrected chi connectivity index (χ3v) is 8.16. The summed E-state index contributed by atoms with van der Waals surface area (Å²) in [5, 5.41) is 11.3. The predicted molar refractivity (Wildman–Crippen MR) is 145 cm³/mol. The standard InChI is InChI=1S/C28H23ClN2O2S2/c1-33-24-13-9-22(10-14-24)27-17-25(21-5-3-2-4-6-21)26(18-30)28(31-27)34-15-16-35(32)19-20-7-11-23(29)12-8-20/h2-14,17H,15-16,19H2,1H3. The fourth-order valence-corrected chi connectivity index (χ4v) is 6.13. The Morgan fingerprint density at radius 1 is 1.00 bits per heavy atom. The molecule has 0 saturated carbocycles. The minimum atomic E-state index is -1.03. The van der Waals surface area contributed by atoms with Crippen molar-refractivity contribution in [3.63, 3.8) is 0 Å². The second-order valence-corrected chi connectivity index (χ2v) is 10.8. The van der Waals surface area contributed by atoms with Crippen molar-refractivity contribution in [3.05, 3.63) is 101 Å². The van der Waals surface area contributed by atoms with Crippen LogP contribution in [0.1, 0.15) is 11.1 Å². The molecule has 1 unspecified atom stereocenters. The highest BCUT2D eigenvalue weighted by Gasteiger charge is 2.16. The van der Waals surface area contributed by atoms with Gasteiger partial charge in [0.05, 0.1) is 18.4 Å². The van der Waals surface area contributed by atoms with Crippen LogP contribution < -0.4 is 4.74 Å². The van der Waals surface area contributed by atoms with Gasteiger partial charge in [0.25, 0.3) is 0 Å². The molecule has 1 atom stereocenters. The van der Waals surface area contributed by atoms with E-state index < -0.39 is 10.8 Å². The second kappa shape index (κ2) is 12.0. The Bertz CT molecular complexity index is 1350. The van der Waals surface area contributed by atoms with Gasteiger partial charge in [-0.15, -0.1) is 11.8 Å². The summed E-state index contributed by atoms with van der Waals surface area (Å²) in [5.41, 5.74) is 5.01. The van der Waals surface area contributed by atoms with E-state index in [0.717, 1.165) is 33.7 Å². The number of rotatable bonds is 9. The molecule has 176 valence electrons. The molecular formula is C28H23ClN2O2S2. The van der Waals surface area contributed by atoms with Crippen molar-refractivity contribution < 1.29 is 8.95 Å². The summed E-state index contributed by atoms with van der Waals surface area (Å²) in [7, 11) is 0.598. The van der Waals surface area contributed by atoms with E-state index in [1.54, 1.807) is 7.11 Å². The van der Waals surface area contributed by atoms with Crippen LogP contribution in [-0.2, 0) is 16.6 Å². The van der Waals surface area contributed by atoms with Crippen LogP contribution in [0, 0.1) is 11.3 Å². The van der Waals surface area contributed by atoms with E-state index in [9.17, 15) is 9.47 Å². The van der Waals surface area contributed by atoms with Crippen molar-refractivity contribution in [2.45, 2.75) is 10.8 Å². The third kappa shape index (κ3) is 6.52. The van der Waals surface area contributed by atoms with Crippen molar-refractivity contribution in [3.8, 4) is 34.2 Å². The van der Waals surface area contributed by atoms with Gasteiger partial charge < -0.3 is 4.74 Å². The van der Waals surface area contributed by atoms with Crippen LogP contribution in [0.4, 0.5) is 0 Å². The van der Waals surface area contributed by atoms with Gasteiger partial charge >= 0.3 is 0 Å². The fraction of sp³-hybridized carbons (Fsp3) is 0.143. The summed E-state index contributed by atoms with van der Waals surface area (Å²) in [6.07, 6.45) is 0. The minimum Gasteiger partial charge on any atom is -0.497 e. The Morgan fingerprint density at radius 3 is 2.37 bits per heavy atom. The maximum Gasteiger partial charge on any atom is 0.118 e. The molecule has 7 heteroatoms. The molecule has 0 N–H and O–H groups in total. The lowest BCUT2D eigenvalue weighted by Gasteiger charge is -2.13. The predicted octanol–water partition coefficient (Wildman–Crippen LogP) is 6.99. The number of halogens is 1. The Hall–Kier alpha value is -3.11. The summed E-state index contributed by atoms with van der Waals surface area (Å²) in [4.78, 5) is 4.83. The van der Waals surface area contributed by atoms with E-state index in [1.165, 1.54) is 11.8 Å². The van der Waals surface area contributed by atoms with E-state index in [2.05, 4.69) is 6.07 Å². The number of thioether (sulfide) groups is 1. The van der Waals surface area contributed by atoms with Gasteiger partial charge in [-0.1, -0.05) is 54.1 Å². The molecule has 0 saturated heterocycles. The first-order valence-corrected chi connectivity index (χ1v) is 13.8. The average Bonchev–Trinajstić information content (AvgIpc) is 2.90. The number of methoxy groups -OCH3 is 1. The lowest BCUT2D eigenvalue weighted by atomic mass is 9.99. The molecule has 0 aliphatic rings. The summed E-state index contributed by atoms with van der Waals surface area (Å²) >= 11 is 7.40. The molecule has 0 spiro atoms. The van der Waals surface area contributed by atoms with Crippen LogP contribution >= 0.6 is 23.4 Å². The first-order chi connectivity index (χ1) is 17.1. The third-order valence-electron chi connectivity index (χ3n) is 5.36. The maximum atomic E-state index is 12.6. The largest absolute Gasteiger partial charge is 0.497 e. The molecule has 4 aromatic rings. The number of nitrogens with zero attached hydrogens (tertiary/aromatic N) is 2. The van der Waals surface area contributed by atoms with Crippen molar-refractivity contribution in [2.24, 2.45) is 0 Å². The lowest BCUT2D eigenvalue weighted by molar-refractivity contribution is 0.415. The van der Waals surface area contributed by atoms with Gasteiger partial charge in [-0.2, -0.15) is 5.26 Å². The molecule has 0 amide bonds. The second-order valence-electron chi connectivity index (χ2n) is 7.70. The van der Waals surface area contributed by atoms with E-state index in [-0.39, 0.29) is 0 Å². The molecule has 1 aromatic heterocycles. The smallest absolute Gasteiger partial charge is 0.118 e. The molecule has 0 fully saturated rings. The van der Waals surface area contributed by atoms with Crippen molar-refractivity contribution in [1.29, 1.82) is 5.26 Å². The average molecular weight is 519 g/mol. The van der Waals surface area contributed by atoms with Crippen molar-refractivity contribution >= 4 is 34.2 Å². The highest BCUT2D eigenvalue weighted by molar-refractivity contribution is 8.00. The molecule has 4 nitrogen and oxygen atoms in total. The molecular weight excluding hydrogens is 496 g/mol. The molecule has 4 rings (SSSR count). The number of nitriles is 1. The van der Waals surface area contributed by atoms with Gasteiger partial charge in [0, 0.05) is 44.2 Å². The van der Waals surface area contributed by atoms with Crippen LogP contribution in [0.15, 0.2) is 90.0 Å². The summed E-state index contributed by atoms with van der Waals surface area (Å²) in [5.74, 6) is 2.32. The van der Waals surface area contributed by atoms with Crippen LogP contribution in [0.3, 0.4) is 0 Å². The van der Waals surface area contributed by atoms with E-state index in [0.29, 0.717) is 32.9 Å². The van der Waals surface area contributed by atoms with Crippen LogP contribution in [0.2, 0.25) is 5.02 Å². The molecule has 0 aliphatic carbocycles. The Morgan fingerprint density at radius 2 is 1.71 bits per heavy atom. The quantitative estimate of drug-likeness (QED) is 0.223. The first kappa shape index (κ1) is 25.0. The van der Waals surface area contributed by atoms with Gasteiger partial charge in [-0.05, 0) is 53.6 Å². The molecule has 0 bridgehead atoms. The molecule has 3 aromatic carbocycles. The van der Waals surface area contributed by atoms with Crippen LogP contribution in [0.5, 0.6) is 5.75 Å². The molecule has 0 radical (unpaired) electrons. The SMILES string of the molecule is COc1ccc(-c2cc(-c3ccccc3)c(C#N)c(SCCS(=O)Cc3ccc(Cl)cc3)n2)cc1. The monoisotopic (exact) mass is 518 g/mol. The summed E-state index contributed by atoms with van der Waals surface area (Å²) < 4.78 is 17.9. The zero-order valence-electron chi connectivity index (χ0n) is 19.1. The van der Waals surface area contributed by atoms with Crippen molar-refractivity contribution in [2.75, 3.05) is 18.6 Å². The summed E-state index contributed by atoms with van der Waals surface area (Å²) in [6, 6.07) is 29.3. The maximum absolute atomic E-state index is 12.6. The summed E-state index contributed by atoms with van der Waals surface area (Å²) in [6.45, 7) is 0. The number of hydrogen-bond acceptors (Lipinski definition) is 5. The van der Waals surface area contributed by atoms with Crippen LogP contribution in [-0.4, -0.2) is 27.8 Å².